The summed E-state index contributed by atoms with van der Waals surface area (Å²) in [5, 5.41) is 14.4. The standard InChI is InChI=1S/C22H19ClN2O3/c1-14(17-8-7-16-5-3-4-6-18(16)11-17)25-21(26)13-28-22-19(23)9-15(12-24)10-20(22)27-2/h3-11,14H,13H2,1-2H3,(H,25,26)/t14-/m0/s1. The summed E-state index contributed by atoms with van der Waals surface area (Å²) in [6, 6.07) is 18.9. The number of amides is 1. The van der Waals surface area contributed by atoms with Crippen molar-refractivity contribution >= 4 is 28.3 Å². The first-order chi connectivity index (χ1) is 13.5. The zero-order valence-electron chi connectivity index (χ0n) is 15.5. The van der Waals surface area contributed by atoms with E-state index in [9.17, 15) is 4.79 Å². The van der Waals surface area contributed by atoms with Gasteiger partial charge in [-0.3, -0.25) is 4.79 Å². The van der Waals surface area contributed by atoms with Crippen LogP contribution in [0.3, 0.4) is 0 Å². The fraction of sp³-hybridized carbons (Fsp3) is 0.182. The van der Waals surface area contributed by atoms with Gasteiger partial charge in [-0.05, 0) is 35.4 Å². The highest BCUT2D eigenvalue weighted by molar-refractivity contribution is 6.32. The number of carbonyl (C=O) groups is 1. The lowest BCUT2D eigenvalue weighted by atomic mass is 10.0. The summed E-state index contributed by atoms with van der Waals surface area (Å²) in [5.74, 6) is 0.249. The molecular formula is C22H19ClN2O3. The molecule has 0 unspecified atom stereocenters. The van der Waals surface area contributed by atoms with E-state index in [0.29, 0.717) is 11.3 Å². The van der Waals surface area contributed by atoms with Crippen molar-refractivity contribution in [1.29, 1.82) is 5.26 Å². The van der Waals surface area contributed by atoms with E-state index < -0.39 is 0 Å². The molecular weight excluding hydrogens is 376 g/mol. The Kier molecular flexibility index (Phi) is 6.03. The number of benzene rings is 3. The molecule has 0 aliphatic rings. The molecule has 1 amide bonds. The molecule has 1 atom stereocenters. The number of hydrogen-bond donors (Lipinski definition) is 1. The summed E-state index contributed by atoms with van der Waals surface area (Å²) in [6.45, 7) is 1.69. The first kappa shape index (κ1) is 19.5. The van der Waals surface area contributed by atoms with Gasteiger partial charge in [0.2, 0.25) is 0 Å². The van der Waals surface area contributed by atoms with Crippen LogP contribution in [-0.2, 0) is 4.79 Å². The van der Waals surface area contributed by atoms with Crippen molar-refractivity contribution in [3.63, 3.8) is 0 Å². The highest BCUT2D eigenvalue weighted by atomic mass is 35.5. The van der Waals surface area contributed by atoms with E-state index >= 15 is 0 Å². The first-order valence-corrected chi connectivity index (χ1v) is 9.08. The number of carbonyl (C=O) groups excluding carboxylic acids is 1. The maximum absolute atomic E-state index is 12.3. The minimum absolute atomic E-state index is 0.181. The quantitative estimate of drug-likeness (QED) is 0.661. The van der Waals surface area contributed by atoms with Crippen LogP contribution in [0.1, 0.15) is 24.1 Å². The van der Waals surface area contributed by atoms with Crippen molar-refractivity contribution in [2.75, 3.05) is 13.7 Å². The Bertz CT molecular complexity index is 1060. The van der Waals surface area contributed by atoms with Gasteiger partial charge in [-0.25, -0.2) is 0 Å². The van der Waals surface area contributed by atoms with Gasteiger partial charge in [-0.15, -0.1) is 0 Å². The van der Waals surface area contributed by atoms with Crippen LogP contribution in [0.15, 0.2) is 54.6 Å². The summed E-state index contributed by atoms with van der Waals surface area (Å²) >= 11 is 6.14. The van der Waals surface area contributed by atoms with Crippen LogP contribution in [0, 0.1) is 11.3 Å². The third kappa shape index (κ3) is 4.36. The van der Waals surface area contributed by atoms with Gasteiger partial charge in [0.05, 0.1) is 29.8 Å². The Morgan fingerprint density at radius 2 is 1.93 bits per heavy atom. The Morgan fingerprint density at radius 3 is 2.64 bits per heavy atom. The highest BCUT2D eigenvalue weighted by Gasteiger charge is 2.15. The molecule has 1 N–H and O–H groups in total. The number of nitrogens with one attached hydrogen (secondary N) is 1. The molecule has 142 valence electrons. The molecule has 0 radical (unpaired) electrons. The first-order valence-electron chi connectivity index (χ1n) is 8.70. The molecule has 3 rings (SSSR count). The second kappa shape index (κ2) is 8.64. The van der Waals surface area contributed by atoms with Crippen LogP contribution in [0.5, 0.6) is 11.5 Å². The van der Waals surface area contributed by atoms with E-state index in [4.69, 9.17) is 26.3 Å². The smallest absolute Gasteiger partial charge is 0.258 e. The predicted molar refractivity (Wildman–Crippen MR) is 109 cm³/mol. The van der Waals surface area contributed by atoms with Crippen molar-refractivity contribution in [2.45, 2.75) is 13.0 Å². The number of rotatable bonds is 6. The zero-order valence-corrected chi connectivity index (χ0v) is 16.3. The lowest BCUT2D eigenvalue weighted by Gasteiger charge is -2.16. The van der Waals surface area contributed by atoms with Crippen molar-refractivity contribution in [3.8, 4) is 17.6 Å². The van der Waals surface area contributed by atoms with Crippen LogP contribution >= 0.6 is 11.6 Å². The Hall–Kier alpha value is -3.23. The summed E-state index contributed by atoms with van der Waals surface area (Å²) in [4.78, 5) is 12.3. The third-order valence-electron chi connectivity index (χ3n) is 4.36. The van der Waals surface area contributed by atoms with Gasteiger partial charge in [0.15, 0.2) is 18.1 Å². The van der Waals surface area contributed by atoms with Gasteiger partial charge in [-0.1, -0.05) is 48.0 Å². The molecule has 0 saturated carbocycles. The summed E-state index contributed by atoms with van der Waals surface area (Å²) in [5.41, 5.74) is 1.35. The van der Waals surface area contributed by atoms with Gasteiger partial charge in [-0.2, -0.15) is 5.26 Å². The van der Waals surface area contributed by atoms with E-state index in [0.717, 1.165) is 16.3 Å². The number of hydrogen-bond acceptors (Lipinski definition) is 4. The summed E-state index contributed by atoms with van der Waals surface area (Å²) in [7, 11) is 1.45. The second-order valence-electron chi connectivity index (χ2n) is 6.29. The van der Waals surface area contributed by atoms with E-state index in [1.165, 1.54) is 19.2 Å². The fourth-order valence-electron chi connectivity index (χ4n) is 2.91. The van der Waals surface area contributed by atoms with Crippen LogP contribution in [0.25, 0.3) is 10.8 Å². The van der Waals surface area contributed by atoms with Crippen molar-refractivity contribution in [1.82, 2.24) is 5.32 Å². The summed E-state index contributed by atoms with van der Waals surface area (Å²) < 4.78 is 10.7. The predicted octanol–water partition coefficient (Wildman–Crippen LogP) is 4.63. The Morgan fingerprint density at radius 1 is 1.18 bits per heavy atom. The Labute approximate surface area is 168 Å². The average molecular weight is 395 g/mol. The number of nitriles is 1. The fourth-order valence-corrected chi connectivity index (χ4v) is 3.17. The normalized spacial score (nSPS) is 11.5. The second-order valence-corrected chi connectivity index (χ2v) is 6.69. The molecule has 3 aromatic carbocycles. The minimum atomic E-state index is -0.289. The molecule has 0 aromatic heterocycles. The van der Waals surface area contributed by atoms with Gasteiger partial charge >= 0.3 is 0 Å². The van der Waals surface area contributed by atoms with Crippen LogP contribution in [0.4, 0.5) is 0 Å². The number of ether oxygens (including phenoxy) is 2. The lowest BCUT2D eigenvalue weighted by molar-refractivity contribution is -0.123. The van der Waals surface area contributed by atoms with Gasteiger partial charge < -0.3 is 14.8 Å². The number of nitrogens with zero attached hydrogens (tertiary/aromatic N) is 1. The number of methoxy groups -OCH3 is 1. The number of fused-ring (bicyclic) bond motifs is 1. The molecule has 0 heterocycles. The minimum Gasteiger partial charge on any atom is -0.493 e. The average Bonchev–Trinajstić information content (AvgIpc) is 2.71. The number of halogens is 1. The van der Waals surface area contributed by atoms with E-state index in [1.807, 2.05) is 49.4 Å². The molecule has 28 heavy (non-hydrogen) atoms. The molecule has 0 aliphatic carbocycles. The molecule has 5 nitrogen and oxygen atoms in total. The van der Waals surface area contributed by atoms with Gasteiger partial charge in [0.25, 0.3) is 5.91 Å². The molecule has 0 bridgehead atoms. The highest BCUT2D eigenvalue weighted by Crippen LogP contribution is 2.36. The maximum Gasteiger partial charge on any atom is 0.258 e. The molecule has 0 spiro atoms. The third-order valence-corrected chi connectivity index (χ3v) is 4.64. The van der Waals surface area contributed by atoms with E-state index in [-0.39, 0.29) is 29.3 Å². The van der Waals surface area contributed by atoms with E-state index in [2.05, 4.69) is 11.4 Å². The monoisotopic (exact) mass is 394 g/mol. The molecule has 0 aliphatic heterocycles. The van der Waals surface area contributed by atoms with Crippen molar-refractivity contribution < 1.29 is 14.3 Å². The molecule has 3 aromatic rings. The molecule has 6 heteroatoms. The van der Waals surface area contributed by atoms with Crippen molar-refractivity contribution in [2.24, 2.45) is 0 Å². The Balaban J connectivity index is 1.66. The maximum atomic E-state index is 12.3. The van der Waals surface area contributed by atoms with Crippen LogP contribution < -0.4 is 14.8 Å². The van der Waals surface area contributed by atoms with Crippen LogP contribution in [-0.4, -0.2) is 19.6 Å². The zero-order chi connectivity index (χ0) is 20.1. The molecule has 0 fully saturated rings. The van der Waals surface area contributed by atoms with Gasteiger partial charge in [0, 0.05) is 6.07 Å². The van der Waals surface area contributed by atoms with E-state index in [1.54, 1.807) is 0 Å². The van der Waals surface area contributed by atoms with Crippen molar-refractivity contribution in [3.05, 3.63) is 70.7 Å². The SMILES string of the molecule is COc1cc(C#N)cc(Cl)c1OCC(=O)N[C@@H](C)c1ccc2ccccc2c1. The van der Waals surface area contributed by atoms with Gasteiger partial charge in [0.1, 0.15) is 0 Å². The lowest BCUT2D eigenvalue weighted by Crippen LogP contribution is -2.31. The summed E-state index contributed by atoms with van der Waals surface area (Å²) in [6.07, 6.45) is 0. The van der Waals surface area contributed by atoms with Crippen LogP contribution in [0.2, 0.25) is 5.02 Å². The topological polar surface area (TPSA) is 71.3 Å². The largest absolute Gasteiger partial charge is 0.493 e. The molecule has 0 saturated heterocycles.